The van der Waals surface area contributed by atoms with E-state index in [1.165, 1.54) is 11.1 Å². The van der Waals surface area contributed by atoms with Gasteiger partial charge in [-0.05, 0) is 49.8 Å². The lowest BCUT2D eigenvalue weighted by Crippen LogP contribution is -2.28. The third kappa shape index (κ3) is 3.30. The first-order chi connectivity index (χ1) is 10.6. The molecule has 1 saturated heterocycles. The molecule has 5 nitrogen and oxygen atoms in total. The Morgan fingerprint density at radius 2 is 2.32 bits per heavy atom. The molecule has 1 aliphatic rings. The number of fused-ring (bicyclic) bond motifs is 1. The molecule has 2 aromatic rings. The average Bonchev–Trinajstić information content (AvgIpc) is 2.94. The Morgan fingerprint density at radius 3 is 3.09 bits per heavy atom. The molecule has 0 radical (unpaired) electrons. The minimum absolute atomic E-state index is 0.0730. The molecule has 1 unspecified atom stereocenters. The first kappa shape index (κ1) is 15.0. The van der Waals surface area contributed by atoms with Gasteiger partial charge in [0.25, 0.3) is 0 Å². The first-order valence-corrected chi connectivity index (χ1v) is 7.92. The maximum absolute atomic E-state index is 12.0. The molecular formula is C17H23N3O2. The monoisotopic (exact) mass is 301 g/mol. The Kier molecular flexibility index (Phi) is 4.43. The van der Waals surface area contributed by atoms with Crippen LogP contribution in [-0.2, 0) is 16.1 Å². The Morgan fingerprint density at radius 1 is 1.45 bits per heavy atom. The summed E-state index contributed by atoms with van der Waals surface area (Å²) >= 11 is 0. The second kappa shape index (κ2) is 6.48. The number of carbonyl (C=O) groups is 1. The average molecular weight is 301 g/mol. The van der Waals surface area contributed by atoms with E-state index in [1.807, 2.05) is 6.07 Å². The molecule has 22 heavy (non-hydrogen) atoms. The number of rotatable bonds is 4. The molecule has 0 bridgehead atoms. The van der Waals surface area contributed by atoms with Gasteiger partial charge in [-0.1, -0.05) is 6.07 Å². The SMILES string of the molecule is Cc1ccc2[nH]c(CNC(=O)CC3CCCOC3)nc2c1C. The van der Waals surface area contributed by atoms with E-state index < -0.39 is 0 Å². The van der Waals surface area contributed by atoms with Gasteiger partial charge in [0.15, 0.2) is 0 Å². The van der Waals surface area contributed by atoms with E-state index in [9.17, 15) is 4.79 Å². The maximum Gasteiger partial charge on any atom is 0.220 e. The van der Waals surface area contributed by atoms with Crippen LogP contribution in [0.25, 0.3) is 11.0 Å². The summed E-state index contributed by atoms with van der Waals surface area (Å²) in [6.07, 6.45) is 2.68. The zero-order valence-electron chi connectivity index (χ0n) is 13.2. The number of imidazole rings is 1. The summed E-state index contributed by atoms with van der Waals surface area (Å²) in [4.78, 5) is 19.9. The summed E-state index contributed by atoms with van der Waals surface area (Å²) < 4.78 is 5.41. The van der Waals surface area contributed by atoms with Gasteiger partial charge in [0, 0.05) is 19.6 Å². The van der Waals surface area contributed by atoms with Crippen LogP contribution in [0.4, 0.5) is 0 Å². The van der Waals surface area contributed by atoms with Crippen LogP contribution in [0.3, 0.4) is 0 Å². The number of benzene rings is 1. The van der Waals surface area contributed by atoms with Crippen LogP contribution >= 0.6 is 0 Å². The molecule has 3 rings (SSSR count). The largest absolute Gasteiger partial charge is 0.381 e. The lowest BCUT2D eigenvalue weighted by Gasteiger charge is -2.21. The Bertz CT molecular complexity index is 672. The molecule has 0 aliphatic carbocycles. The number of ether oxygens (including phenoxy) is 1. The second-order valence-corrected chi connectivity index (χ2v) is 6.15. The van der Waals surface area contributed by atoms with Crippen molar-refractivity contribution in [1.82, 2.24) is 15.3 Å². The topological polar surface area (TPSA) is 67.0 Å². The van der Waals surface area contributed by atoms with Gasteiger partial charge in [-0.3, -0.25) is 4.79 Å². The van der Waals surface area contributed by atoms with E-state index in [4.69, 9.17) is 4.74 Å². The van der Waals surface area contributed by atoms with Gasteiger partial charge in [-0.2, -0.15) is 0 Å². The van der Waals surface area contributed by atoms with Crippen LogP contribution in [0.15, 0.2) is 12.1 Å². The lowest BCUT2D eigenvalue weighted by molar-refractivity contribution is -0.123. The van der Waals surface area contributed by atoms with E-state index >= 15 is 0 Å². The fourth-order valence-corrected chi connectivity index (χ4v) is 2.93. The summed E-state index contributed by atoms with van der Waals surface area (Å²) in [5, 5.41) is 2.95. The van der Waals surface area contributed by atoms with Crippen molar-refractivity contribution in [3.8, 4) is 0 Å². The maximum atomic E-state index is 12.0. The van der Waals surface area contributed by atoms with Crippen LogP contribution in [0.5, 0.6) is 0 Å². The third-order valence-corrected chi connectivity index (χ3v) is 4.41. The summed E-state index contributed by atoms with van der Waals surface area (Å²) in [7, 11) is 0. The van der Waals surface area contributed by atoms with Crippen molar-refractivity contribution in [1.29, 1.82) is 0 Å². The van der Waals surface area contributed by atoms with E-state index in [0.717, 1.165) is 36.3 Å². The minimum atomic E-state index is 0.0730. The zero-order chi connectivity index (χ0) is 15.5. The molecule has 2 N–H and O–H groups in total. The molecular weight excluding hydrogens is 278 g/mol. The summed E-state index contributed by atoms with van der Waals surface area (Å²) in [6.45, 7) is 6.13. The number of nitrogens with zero attached hydrogens (tertiary/aromatic N) is 1. The van der Waals surface area contributed by atoms with Gasteiger partial charge >= 0.3 is 0 Å². The van der Waals surface area contributed by atoms with Gasteiger partial charge < -0.3 is 15.0 Å². The number of hydrogen-bond donors (Lipinski definition) is 2. The van der Waals surface area contributed by atoms with Crippen LogP contribution in [0, 0.1) is 19.8 Å². The number of amides is 1. The molecule has 5 heteroatoms. The minimum Gasteiger partial charge on any atom is -0.381 e. The summed E-state index contributed by atoms with van der Waals surface area (Å²) in [6, 6.07) is 4.12. The summed E-state index contributed by atoms with van der Waals surface area (Å²) in [5.41, 5.74) is 4.43. The molecule has 0 spiro atoms. The molecule has 1 aliphatic heterocycles. The fraction of sp³-hybridized carbons (Fsp3) is 0.529. The molecule has 1 fully saturated rings. The lowest BCUT2D eigenvalue weighted by atomic mass is 9.98. The highest BCUT2D eigenvalue weighted by Gasteiger charge is 2.17. The number of H-pyrrole nitrogens is 1. The van der Waals surface area contributed by atoms with Crippen LogP contribution in [-0.4, -0.2) is 29.1 Å². The smallest absolute Gasteiger partial charge is 0.220 e. The molecule has 2 heterocycles. The van der Waals surface area contributed by atoms with E-state index in [-0.39, 0.29) is 5.91 Å². The van der Waals surface area contributed by atoms with E-state index in [2.05, 4.69) is 35.2 Å². The van der Waals surface area contributed by atoms with Crippen molar-refractivity contribution in [3.63, 3.8) is 0 Å². The van der Waals surface area contributed by atoms with Crippen molar-refractivity contribution in [2.24, 2.45) is 5.92 Å². The first-order valence-electron chi connectivity index (χ1n) is 7.92. The van der Waals surface area contributed by atoms with Crippen LogP contribution < -0.4 is 5.32 Å². The molecule has 1 aromatic carbocycles. The number of aromatic amines is 1. The molecule has 118 valence electrons. The van der Waals surface area contributed by atoms with E-state index in [1.54, 1.807) is 0 Å². The van der Waals surface area contributed by atoms with Crippen molar-refractivity contribution >= 4 is 16.9 Å². The third-order valence-electron chi connectivity index (χ3n) is 4.41. The van der Waals surface area contributed by atoms with Gasteiger partial charge in [0.2, 0.25) is 5.91 Å². The highest BCUT2D eigenvalue weighted by Crippen LogP contribution is 2.19. The molecule has 1 atom stereocenters. The fourth-order valence-electron chi connectivity index (χ4n) is 2.93. The highest BCUT2D eigenvalue weighted by molar-refractivity contribution is 5.80. The highest BCUT2D eigenvalue weighted by atomic mass is 16.5. The van der Waals surface area contributed by atoms with Gasteiger partial charge in [-0.15, -0.1) is 0 Å². The van der Waals surface area contributed by atoms with Gasteiger partial charge in [0.1, 0.15) is 5.82 Å². The van der Waals surface area contributed by atoms with Gasteiger partial charge in [0.05, 0.1) is 17.6 Å². The number of aryl methyl sites for hydroxylation is 2. The number of aromatic nitrogens is 2. The Hall–Kier alpha value is -1.88. The summed E-state index contributed by atoms with van der Waals surface area (Å²) in [5.74, 6) is 1.23. The van der Waals surface area contributed by atoms with Crippen LogP contribution in [0.2, 0.25) is 0 Å². The Labute approximate surface area is 130 Å². The number of carbonyl (C=O) groups excluding carboxylic acids is 1. The predicted molar refractivity (Wildman–Crippen MR) is 85.6 cm³/mol. The van der Waals surface area contributed by atoms with Crippen molar-refractivity contribution in [3.05, 3.63) is 29.1 Å². The number of hydrogen-bond acceptors (Lipinski definition) is 3. The zero-order valence-corrected chi connectivity index (χ0v) is 13.2. The van der Waals surface area contributed by atoms with Crippen molar-refractivity contribution in [2.45, 2.75) is 39.7 Å². The number of nitrogens with one attached hydrogen (secondary N) is 2. The van der Waals surface area contributed by atoms with E-state index in [0.29, 0.717) is 25.5 Å². The predicted octanol–water partition coefficient (Wildman–Crippen LogP) is 2.61. The Balaban J connectivity index is 1.59. The van der Waals surface area contributed by atoms with Crippen molar-refractivity contribution < 1.29 is 9.53 Å². The quantitative estimate of drug-likeness (QED) is 0.912. The van der Waals surface area contributed by atoms with Gasteiger partial charge in [-0.25, -0.2) is 4.98 Å². The molecule has 1 aromatic heterocycles. The molecule has 0 saturated carbocycles. The van der Waals surface area contributed by atoms with Crippen LogP contribution in [0.1, 0.15) is 36.2 Å². The second-order valence-electron chi connectivity index (χ2n) is 6.15. The standard InChI is InChI=1S/C17H23N3O2/c1-11-5-6-14-17(12(11)2)20-15(19-14)9-18-16(21)8-13-4-3-7-22-10-13/h5-6,13H,3-4,7-10H2,1-2H3,(H,18,21)(H,19,20). The molecule has 1 amide bonds. The normalized spacial score (nSPS) is 18.5. The van der Waals surface area contributed by atoms with Crippen molar-refractivity contribution in [2.75, 3.05) is 13.2 Å².